The fourth-order valence-corrected chi connectivity index (χ4v) is 2.47. The molecule has 2 aromatic rings. The Morgan fingerprint density at radius 1 is 0.553 bits per heavy atom. The van der Waals surface area contributed by atoms with Gasteiger partial charge in [0, 0.05) is 12.1 Å². The highest BCUT2D eigenvalue weighted by molar-refractivity contribution is 5.93. The molecule has 0 fully saturated rings. The zero-order chi connectivity index (χ0) is 27.9. The maximum Gasteiger partial charge on any atom is 0.543 e. The molecular formula is C22H22O16. The topological polar surface area (TPSA) is 179 Å². The number of methoxy groups -OCH3 is 4. The summed E-state index contributed by atoms with van der Waals surface area (Å²) in [4.78, 5) is 63.6. The zero-order valence-corrected chi connectivity index (χ0v) is 20.4. The van der Waals surface area contributed by atoms with E-state index in [1.165, 1.54) is 64.8 Å². The molecule has 0 aliphatic carbocycles. The predicted molar refractivity (Wildman–Crippen MR) is 117 cm³/mol. The predicted octanol–water partition coefficient (Wildman–Crippen LogP) is 2.73. The van der Waals surface area contributed by atoms with Gasteiger partial charge in [-0.05, 0) is 24.3 Å². The molecule has 0 aliphatic heterocycles. The number of carbonyl (C=O) groups is 4. The van der Waals surface area contributed by atoms with E-state index in [4.69, 9.17) is 18.9 Å². The summed E-state index contributed by atoms with van der Waals surface area (Å²) in [6.45, 7) is -1.05. The summed E-state index contributed by atoms with van der Waals surface area (Å²) >= 11 is 0. The fourth-order valence-electron chi connectivity index (χ4n) is 2.47. The minimum Gasteiger partial charge on any atom is -0.497 e. The van der Waals surface area contributed by atoms with Crippen LogP contribution in [-0.4, -0.2) is 65.9 Å². The molecule has 0 aliphatic rings. The van der Waals surface area contributed by atoms with E-state index in [9.17, 15) is 19.2 Å². The number of hydrogen-bond donors (Lipinski definition) is 0. The van der Waals surface area contributed by atoms with Crippen LogP contribution in [0.4, 0.5) is 9.59 Å². The Bertz CT molecular complexity index is 1030. The van der Waals surface area contributed by atoms with Crippen molar-refractivity contribution in [3.05, 3.63) is 47.5 Å². The van der Waals surface area contributed by atoms with Crippen LogP contribution in [0.15, 0.2) is 36.4 Å². The molecule has 16 nitrogen and oxygen atoms in total. The van der Waals surface area contributed by atoms with Gasteiger partial charge in [0.25, 0.3) is 0 Å². The van der Waals surface area contributed by atoms with Gasteiger partial charge < -0.3 is 28.4 Å². The third kappa shape index (κ3) is 8.92. The first-order valence-electron chi connectivity index (χ1n) is 10.2. The lowest BCUT2D eigenvalue weighted by atomic mass is 10.2. The molecule has 16 heteroatoms. The van der Waals surface area contributed by atoms with Crippen LogP contribution in [0.3, 0.4) is 0 Å². The largest absolute Gasteiger partial charge is 0.543 e. The van der Waals surface area contributed by atoms with Crippen molar-refractivity contribution < 1.29 is 77.2 Å². The van der Waals surface area contributed by atoms with Crippen LogP contribution in [0, 0.1) is 0 Å². The highest BCUT2D eigenvalue weighted by Crippen LogP contribution is 2.26. The molecule has 0 spiro atoms. The van der Waals surface area contributed by atoms with E-state index < -0.39 is 37.5 Å². The maximum atomic E-state index is 12.0. The molecule has 0 aromatic heterocycles. The summed E-state index contributed by atoms with van der Waals surface area (Å²) in [5.74, 6) is -1.02. The molecule has 0 saturated carbocycles. The number of benzene rings is 2. The van der Waals surface area contributed by atoms with E-state index in [2.05, 4.69) is 39.1 Å². The van der Waals surface area contributed by atoms with Crippen molar-refractivity contribution in [3.63, 3.8) is 0 Å². The molecule has 0 N–H and O–H groups in total. The Labute approximate surface area is 214 Å². The summed E-state index contributed by atoms with van der Waals surface area (Å²) in [6.07, 6.45) is -2.87. The quantitative estimate of drug-likeness (QED) is 0.156. The van der Waals surface area contributed by atoms with Crippen LogP contribution in [-0.2, 0) is 39.1 Å². The van der Waals surface area contributed by atoms with Crippen molar-refractivity contribution in [2.24, 2.45) is 0 Å². The van der Waals surface area contributed by atoms with Gasteiger partial charge in [-0.2, -0.15) is 0 Å². The zero-order valence-electron chi connectivity index (χ0n) is 20.4. The number of hydrogen-bond acceptors (Lipinski definition) is 16. The van der Waals surface area contributed by atoms with Gasteiger partial charge in [0.2, 0.25) is 0 Å². The highest BCUT2D eigenvalue weighted by Gasteiger charge is 2.19. The number of carbonyl (C=O) groups excluding carboxylic acids is 4. The third-order valence-corrected chi connectivity index (χ3v) is 4.20. The van der Waals surface area contributed by atoms with Crippen LogP contribution in [0.5, 0.6) is 23.0 Å². The van der Waals surface area contributed by atoms with Gasteiger partial charge in [-0.3, -0.25) is 9.78 Å². The molecule has 2 rings (SSSR count). The SMILES string of the molecule is COc1ccc(C(=O)OOOC(=O)OCCOC(=O)OOOC(=O)c2ccc(OC)cc2OC)c(OC)c1. The van der Waals surface area contributed by atoms with Gasteiger partial charge in [0.1, 0.15) is 47.3 Å². The van der Waals surface area contributed by atoms with Crippen molar-refractivity contribution in [2.45, 2.75) is 0 Å². The van der Waals surface area contributed by atoms with Crippen LogP contribution in [0.1, 0.15) is 20.7 Å². The number of rotatable bonds is 13. The third-order valence-electron chi connectivity index (χ3n) is 4.20. The fraction of sp³-hybridized carbons (Fsp3) is 0.273. The van der Waals surface area contributed by atoms with Crippen molar-refractivity contribution in [3.8, 4) is 23.0 Å². The standard InChI is InChI=1S/C22H22O16/c1-27-13-5-7-15(17(11-13)29-3)19(23)33-37-35-21(25)31-9-10-32-22(26)36-38-34-20(24)16-8-6-14(28-2)12-18(16)30-4/h5-8,11-12H,9-10H2,1-4H3. The summed E-state index contributed by atoms with van der Waals surface area (Å²) in [5.41, 5.74) is -0.0959. The van der Waals surface area contributed by atoms with Crippen LogP contribution >= 0.6 is 0 Å². The van der Waals surface area contributed by atoms with Gasteiger partial charge in [-0.25, -0.2) is 29.0 Å². The summed E-state index contributed by atoms with van der Waals surface area (Å²) < 4.78 is 29.1. The van der Waals surface area contributed by atoms with Gasteiger partial charge in [0.15, 0.2) is 0 Å². The van der Waals surface area contributed by atoms with E-state index in [0.29, 0.717) is 11.5 Å². The maximum absolute atomic E-state index is 12.0. The second kappa shape index (κ2) is 15.2. The minimum atomic E-state index is -1.44. The first kappa shape index (κ1) is 29.3. The minimum absolute atomic E-state index is 0.0479. The normalized spacial score (nSPS) is 9.89. The Hall–Kier alpha value is -4.96. The summed E-state index contributed by atoms with van der Waals surface area (Å²) in [6, 6.07) is 8.43. The van der Waals surface area contributed by atoms with Gasteiger partial charge in [0.05, 0.1) is 38.5 Å². The van der Waals surface area contributed by atoms with Crippen LogP contribution in [0.25, 0.3) is 0 Å². The molecule has 0 saturated heterocycles. The first-order chi connectivity index (χ1) is 18.3. The molecule has 0 heterocycles. The van der Waals surface area contributed by atoms with Crippen LogP contribution < -0.4 is 18.9 Å². The van der Waals surface area contributed by atoms with Gasteiger partial charge in [-0.15, -0.1) is 0 Å². The lowest BCUT2D eigenvalue weighted by molar-refractivity contribution is -0.453. The van der Waals surface area contributed by atoms with Gasteiger partial charge in [-0.1, -0.05) is 0 Å². The highest BCUT2D eigenvalue weighted by atomic mass is 17.5. The Morgan fingerprint density at radius 2 is 0.947 bits per heavy atom. The van der Waals surface area contributed by atoms with Gasteiger partial charge >= 0.3 is 24.2 Å². The van der Waals surface area contributed by atoms with E-state index >= 15 is 0 Å². The van der Waals surface area contributed by atoms with Crippen molar-refractivity contribution >= 4 is 24.2 Å². The molecule has 206 valence electrons. The molecule has 2 aromatic carbocycles. The lowest BCUT2D eigenvalue weighted by Crippen LogP contribution is -2.17. The average Bonchev–Trinajstić information content (AvgIpc) is 2.94. The van der Waals surface area contributed by atoms with Crippen molar-refractivity contribution in [2.75, 3.05) is 41.7 Å². The molecular weight excluding hydrogens is 520 g/mol. The molecule has 38 heavy (non-hydrogen) atoms. The molecule has 0 bridgehead atoms. The van der Waals surface area contributed by atoms with E-state index in [1.54, 1.807) is 0 Å². The second-order valence-corrected chi connectivity index (χ2v) is 6.37. The smallest absolute Gasteiger partial charge is 0.497 e. The monoisotopic (exact) mass is 542 g/mol. The number of ether oxygens (including phenoxy) is 6. The van der Waals surface area contributed by atoms with E-state index in [1.807, 2.05) is 0 Å². The van der Waals surface area contributed by atoms with E-state index in [0.717, 1.165) is 0 Å². The Balaban J connectivity index is 1.61. The second-order valence-electron chi connectivity index (χ2n) is 6.37. The first-order valence-corrected chi connectivity index (χ1v) is 10.2. The van der Waals surface area contributed by atoms with Crippen molar-refractivity contribution in [1.82, 2.24) is 0 Å². The molecule has 0 unspecified atom stereocenters. The summed E-state index contributed by atoms with van der Waals surface area (Å²) in [5, 5.41) is 8.12. The Kier molecular flexibility index (Phi) is 11.7. The summed E-state index contributed by atoms with van der Waals surface area (Å²) in [7, 11) is 5.49. The van der Waals surface area contributed by atoms with Crippen LogP contribution in [0.2, 0.25) is 0 Å². The average molecular weight is 542 g/mol. The Morgan fingerprint density at radius 3 is 1.29 bits per heavy atom. The lowest BCUT2D eigenvalue weighted by Gasteiger charge is -2.09. The van der Waals surface area contributed by atoms with Crippen molar-refractivity contribution in [1.29, 1.82) is 0 Å². The molecule has 0 amide bonds. The molecule has 0 atom stereocenters. The molecule has 0 radical (unpaired) electrons. The van der Waals surface area contributed by atoms with E-state index in [-0.39, 0.29) is 22.6 Å².